The number of fused-ring (bicyclic) bond motifs is 1. The molecule has 0 fully saturated rings. The first-order valence-electron chi connectivity index (χ1n) is 6.42. The number of nitrogens with one attached hydrogen (secondary N) is 1. The van der Waals surface area contributed by atoms with Crippen molar-refractivity contribution in [2.45, 2.75) is 18.9 Å². The van der Waals surface area contributed by atoms with Crippen molar-refractivity contribution in [3.05, 3.63) is 50.1 Å². The fourth-order valence-corrected chi connectivity index (χ4v) is 4.03. The van der Waals surface area contributed by atoms with E-state index in [4.69, 9.17) is 4.74 Å². The highest BCUT2D eigenvalue weighted by molar-refractivity contribution is 9.10. The number of likely N-dealkylation sites (N-methyl/N-ethyl adjacent to an activating group) is 1. The number of thiophene rings is 1. The van der Waals surface area contributed by atoms with Crippen molar-refractivity contribution in [3.8, 4) is 5.75 Å². The number of rotatable bonds is 4. The molecule has 1 aliphatic heterocycles. The third kappa shape index (κ3) is 2.71. The number of halogens is 1. The Kier molecular flexibility index (Phi) is 3.91. The number of hydrogen-bond acceptors (Lipinski definition) is 3. The van der Waals surface area contributed by atoms with Crippen molar-refractivity contribution in [1.82, 2.24) is 5.32 Å². The Hall–Kier alpha value is -0.840. The smallest absolute Gasteiger partial charge is 0.122 e. The maximum Gasteiger partial charge on any atom is 0.122 e. The van der Waals surface area contributed by atoms with Gasteiger partial charge in [-0.05, 0) is 51.6 Å². The van der Waals surface area contributed by atoms with Crippen LogP contribution in [0.3, 0.4) is 0 Å². The molecule has 19 heavy (non-hydrogen) atoms. The van der Waals surface area contributed by atoms with Crippen LogP contribution < -0.4 is 10.1 Å². The summed E-state index contributed by atoms with van der Waals surface area (Å²) in [6.45, 7) is 0.819. The zero-order valence-electron chi connectivity index (χ0n) is 10.8. The molecule has 4 heteroatoms. The molecule has 0 saturated carbocycles. The molecule has 1 unspecified atom stereocenters. The molecule has 1 aliphatic rings. The maximum atomic E-state index is 5.57. The SMILES string of the molecule is CNC(Cc1sccc1Br)c1ccc2c(c1)CCO2. The van der Waals surface area contributed by atoms with Gasteiger partial charge in [-0.2, -0.15) is 0 Å². The molecular weight excluding hydrogens is 322 g/mol. The molecule has 3 rings (SSSR count). The van der Waals surface area contributed by atoms with E-state index in [0.717, 1.165) is 25.2 Å². The number of hydrogen-bond donors (Lipinski definition) is 1. The summed E-state index contributed by atoms with van der Waals surface area (Å²) in [7, 11) is 2.02. The molecule has 1 atom stereocenters. The third-order valence-corrected chi connectivity index (χ3v) is 5.49. The molecule has 1 aromatic heterocycles. The van der Waals surface area contributed by atoms with Crippen molar-refractivity contribution < 1.29 is 4.74 Å². The van der Waals surface area contributed by atoms with E-state index in [9.17, 15) is 0 Å². The first-order chi connectivity index (χ1) is 9.28. The molecular formula is C15H16BrNOS. The second kappa shape index (κ2) is 5.65. The molecule has 2 aromatic rings. The van der Waals surface area contributed by atoms with Gasteiger partial charge in [-0.1, -0.05) is 12.1 Å². The van der Waals surface area contributed by atoms with E-state index < -0.39 is 0 Å². The molecule has 0 spiro atoms. The number of benzene rings is 1. The monoisotopic (exact) mass is 337 g/mol. The van der Waals surface area contributed by atoms with Crippen molar-refractivity contribution in [3.63, 3.8) is 0 Å². The lowest BCUT2D eigenvalue weighted by Crippen LogP contribution is -2.18. The summed E-state index contributed by atoms with van der Waals surface area (Å²) in [5.74, 6) is 1.05. The van der Waals surface area contributed by atoms with E-state index in [1.165, 1.54) is 20.5 Å². The molecule has 0 aliphatic carbocycles. The molecule has 0 saturated heterocycles. The minimum atomic E-state index is 0.348. The minimum Gasteiger partial charge on any atom is -0.493 e. The fraction of sp³-hybridized carbons (Fsp3) is 0.333. The molecule has 0 radical (unpaired) electrons. The van der Waals surface area contributed by atoms with Gasteiger partial charge in [-0.15, -0.1) is 11.3 Å². The van der Waals surface area contributed by atoms with E-state index in [-0.39, 0.29) is 0 Å². The second-order valence-corrected chi connectivity index (χ2v) is 6.56. The Bertz CT molecular complexity index is 581. The lowest BCUT2D eigenvalue weighted by atomic mass is 10.00. The standard InChI is InChI=1S/C15H16BrNOS/c1-17-13(9-15-12(16)5-7-19-15)10-2-3-14-11(8-10)4-6-18-14/h2-3,5,7-8,13,17H,4,6,9H2,1H3. The quantitative estimate of drug-likeness (QED) is 0.911. The summed E-state index contributed by atoms with van der Waals surface area (Å²) in [4.78, 5) is 1.39. The third-order valence-electron chi connectivity index (χ3n) is 3.54. The Morgan fingerprint density at radius 2 is 2.32 bits per heavy atom. The fourth-order valence-electron chi connectivity index (χ4n) is 2.47. The van der Waals surface area contributed by atoms with E-state index >= 15 is 0 Å². The van der Waals surface area contributed by atoms with Crippen LogP contribution in [0.5, 0.6) is 5.75 Å². The summed E-state index contributed by atoms with van der Waals surface area (Å²) >= 11 is 5.41. The van der Waals surface area contributed by atoms with Gasteiger partial charge in [0.2, 0.25) is 0 Å². The van der Waals surface area contributed by atoms with Crippen LogP contribution in [0.2, 0.25) is 0 Å². The van der Waals surface area contributed by atoms with E-state index in [0.29, 0.717) is 6.04 Å². The van der Waals surface area contributed by atoms with E-state index in [2.05, 4.69) is 50.9 Å². The van der Waals surface area contributed by atoms with Crippen molar-refractivity contribution in [2.75, 3.05) is 13.7 Å². The zero-order valence-corrected chi connectivity index (χ0v) is 13.2. The first-order valence-corrected chi connectivity index (χ1v) is 8.10. The molecule has 1 N–H and O–H groups in total. The molecule has 2 heterocycles. The van der Waals surface area contributed by atoms with Gasteiger partial charge in [-0.25, -0.2) is 0 Å². The Balaban J connectivity index is 1.84. The molecule has 1 aromatic carbocycles. The van der Waals surface area contributed by atoms with Gasteiger partial charge < -0.3 is 10.1 Å². The topological polar surface area (TPSA) is 21.3 Å². The van der Waals surface area contributed by atoms with Gasteiger partial charge in [0.1, 0.15) is 5.75 Å². The Morgan fingerprint density at radius 3 is 3.05 bits per heavy atom. The second-order valence-electron chi connectivity index (χ2n) is 4.70. The lowest BCUT2D eigenvalue weighted by molar-refractivity contribution is 0.356. The molecule has 2 nitrogen and oxygen atoms in total. The highest BCUT2D eigenvalue weighted by Gasteiger charge is 2.17. The average Bonchev–Trinajstić information content (AvgIpc) is 3.04. The zero-order chi connectivity index (χ0) is 13.2. The normalized spacial score (nSPS) is 15.1. The molecule has 0 bridgehead atoms. The van der Waals surface area contributed by atoms with Gasteiger partial charge in [-0.3, -0.25) is 0 Å². The highest BCUT2D eigenvalue weighted by Crippen LogP contribution is 2.31. The summed E-state index contributed by atoms with van der Waals surface area (Å²) in [6, 6.07) is 9.02. The predicted octanol–water partition coefficient (Wildman–Crippen LogP) is 3.95. The van der Waals surface area contributed by atoms with Crippen molar-refractivity contribution in [2.24, 2.45) is 0 Å². The van der Waals surface area contributed by atoms with Crippen LogP contribution in [0.1, 0.15) is 22.0 Å². The van der Waals surface area contributed by atoms with Crippen molar-refractivity contribution in [1.29, 1.82) is 0 Å². The van der Waals surface area contributed by atoms with Gasteiger partial charge >= 0.3 is 0 Å². The van der Waals surface area contributed by atoms with Gasteiger partial charge in [0.15, 0.2) is 0 Å². The average molecular weight is 338 g/mol. The van der Waals surface area contributed by atoms with Crippen LogP contribution >= 0.6 is 27.3 Å². The largest absolute Gasteiger partial charge is 0.493 e. The number of ether oxygens (including phenoxy) is 1. The summed E-state index contributed by atoms with van der Waals surface area (Å²) in [5.41, 5.74) is 2.68. The van der Waals surface area contributed by atoms with Crippen LogP contribution in [-0.2, 0) is 12.8 Å². The van der Waals surface area contributed by atoms with E-state index in [1.54, 1.807) is 11.3 Å². The van der Waals surface area contributed by atoms with Gasteiger partial charge in [0.25, 0.3) is 0 Å². The van der Waals surface area contributed by atoms with Crippen LogP contribution in [-0.4, -0.2) is 13.7 Å². The summed E-state index contributed by atoms with van der Waals surface area (Å²) in [5, 5.41) is 5.55. The highest BCUT2D eigenvalue weighted by atomic mass is 79.9. The maximum absolute atomic E-state index is 5.57. The minimum absolute atomic E-state index is 0.348. The van der Waals surface area contributed by atoms with E-state index in [1.807, 2.05) is 7.05 Å². The Morgan fingerprint density at radius 1 is 1.42 bits per heavy atom. The summed E-state index contributed by atoms with van der Waals surface area (Å²) < 4.78 is 6.78. The van der Waals surface area contributed by atoms with Crippen LogP contribution in [0.4, 0.5) is 0 Å². The lowest BCUT2D eigenvalue weighted by Gasteiger charge is -2.17. The first kappa shape index (κ1) is 13.2. The molecule has 0 amide bonds. The van der Waals surface area contributed by atoms with Crippen LogP contribution in [0, 0.1) is 0 Å². The van der Waals surface area contributed by atoms with Crippen LogP contribution in [0.25, 0.3) is 0 Å². The van der Waals surface area contributed by atoms with Gasteiger partial charge in [0.05, 0.1) is 6.61 Å². The van der Waals surface area contributed by atoms with Crippen LogP contribution in [0.15, 0.2) is 34.1 Å². The summed E-state index contributed by atoms with van der Waals surface area (Å²) in [6.07, 6.45) is 2.04. The Labute approximate surface area is 125 Å². The molecule has 100 valence electrons. The van der Waals surface area contributed by atoms with Gasteiger partial charge in [0, 0.05) is 28.2 Å². The predicted molar refractivity (Wildman–Crippen MR) is 83.2 cm³/mol. The van der Waals surface area contributed by atoms with Crippen molar-refractivity contribution >= 4 is 27.3 Å².